The quantitative estimate of drug-likeness (QED) is 0.756. The first kappa shape index (κ1) is 17.9. The number of hydrogen-bond donors (Lipinski definition) is 0. The lowest BCUT2D eigenvalue weighted by molar-refractivity contribution is 0.0601. The number of esters is 1. The van der Waals surface area contributed by atoms with E-state index in [9.17, 15) is 13.2 Å². The van der Waals surface area contributed by atoms with Gasteiger partial charge in [0.2, 0.25) is 0 Å². The first-order valence-corrected chi connectivity index (χ1v) is 10.3. The van der Waals surface area contributed by atoms with Gasteiger partial charge in [-0.25, -0.2) is 4.79 Å². The summed E-state index contributed by atoms with van der Waals surface area (Å²) >= 11 is 0. The lowest BCUT2D eigenvalue weighted by Crippen LogP contribution is -2.36. The Morgan fingerprint density at radius 1 is 1.15 bits per heavy atom. The predicted molar refractivity (Wildman–Crippen MR) is 105 cm³/mol. The van der Waals surface area contributed by atoms with Gasteiger partial charge in [-0.1, -0.05) is 12.1 Å². The summed E-state index contributed by atoms with van der Waals surface area (Å²) in [6.07, 6.45) is 2.17. The number of rotatable bonds is 4. The molecule has 1 saturated carbocycles. The first-order chi connectivity index (χ1) is 12.8. The number of carbonyl (C=O) groups excluding carboxylic acids is 1. The normalized spacial score (nSPS) is 17.7. The minimum atomic E-state index is -3.52. The molecule has 27 heavy (non-hydrogen) atoms. The van der Waals surface area contributed by atoms with Crippen LogP contribution in [0.25, 0.3) is 11.1 Å². The number of anilines is 2. The number of benzene rings is 2. The van der Waals surface area contributed by atoms with Gasteiger partial charge >= 0.3 is 16.2 Å². The van der Waals surface area contributed by atoms with Crippen LogP contribution >= 0.6 is 0 Å². The number of fused-ring (bicyclic) bond motifs is 1. The molecule has 0 amide bonds. The van der Waals surface area contributed by atoms with Crippen LogP contribution in [0.2, 0.25) is 0 Å². The van der Waals surface area contributed by atoms with Crippen LogP contribution in [-0.2, 0) is 14.9 Å². The van der Waals surface area contributed by atoms with Gasteiger partial charge in [0.05, 0.1) is 24.0 Å². The largest absolute Gasteiger partial charge is 0.465 e. The molecule has 2 aromatic rings. The van der Waals surface area contributed by atoms with Crippen LogP contribution in [0.15, 0.2) is 36.4 Å². The zero-order valence-electron chi connectivity index (χ0n) is 15.6. The van der Waals surface area contributed by atoms with E-state index in [1.54, 1.807) is 19.2 Å². The topological polar surface area (TPSA) is 66.9 Å². The van der Waals surface area contributed by atoms with Crippen molar-refractivity contribution < 1.29 is 17.9 Å². The van der Waals surface area contributed by atoms with Crippen molar-refractivity contribution in [2.45, 2.75) is 19.8 Å². The average Bonchev–Trinajstić information content (AvgIpc) is 3.46. The molecule has 0 radical (unpaired) electrons. The Labute approximate surface area is 159 Å². The van der Waals surface area contributed by atoms with Gasteiger partial charge < -0.3 is 4.74 Å². The fourth-order valence-electron chi connectivity index (χ4n) is 3.46. The van der Waals surface area contributed by atoms with Crippen molar-refractivity contribution in [3.63, 3.8) is 0 Å². The van der Waals surface area contributed by atoms with E-state index >= 15 is 0 Å². The summed E-state index contributed by atoms with van der Waals surface area (Å²) in [4.78, 5) is 11.9. The summed E-state index contributed by atoms with van der Waals surface area (Å²) in [7, 11) is -0.583. The van der Waals surface area contributed by atoms with Crippen LogP contribution in [0.5, 0.6) is 0 Å². The summed E-state index contributed by atoms with van der Waals surface area (Å²) in [5, 5.41) is 0. The Hall–Kier alpha value is -2.54. The molecule has 0 atom stereocenters. The van der Waals surface area contributed by atoms with E-state index in [4.69, 9.17) is 4.74 Å². The number of nitrogens with zero attached hydrogens (tertiary/aromatic N) is 2. The number of methoxy groups -OCH3 is 1. The molecule has 142 valence electrons. The van der Waals surface area contributed by atoms with Gasteiger partial charge in [-0.05, 0) is 66.6 Å². The molecule has 1 aliphatic carbocycles. The molecule has 4 rings (SSSR count). The Balaban J connectivity index is 1.78. The van der Waals surface area contributed by atoms with E-state index in [-0.39, 0.29) is 0 Å². The molecule has 2 aromatic carbocycles. The van der Waals surface area contributed by atoms with E-state index in [0.717, 1.165) is 35.2 Å². The molecule has 0 saturated heterocycles. The maximum atomic E-state index is 12.8. The maximum absolute atomic E-state index is 12.8. The zero-order valence-corrected chi connectivity index (χ0v) is 16.4. The smallest absolute Gasteiger partial charge is 0.337 e. The number of carbonyl (C=O) groups is 1. The minimum absolute atomic E-state index is 0.396. The highest BCUT2D eigenvalue weighted by Gasteiger charge is 2.40. The van der Waals surface area contributed by atoms with Crippen LogP contribution in [0.4, 0.5) is 11.4 Å². The van der Waals surface area contributed by atoms with Crippen molar-refractivity contribution in [3.8, 4) is 11.1 Å². The average molecular weight is 386 g/mol. The van der Waals surface area contributed by atoms with Crippen LogP contribution < -0.4 is 8.61 Å². The van der Waals surface area contributed by atoms with Gasteiger partial charge in [-0.2, -0.15) is 8.42 Å². The second-order valence-electron chi connectivity index (χ2n) is 7.17. The molecule has 0 spiro atoms. The summed E-state index contributed by atoms with van der Waals surface area (Å²) in [6, 6.07) is 11.0. The maximum Gasteiger partial charge on any atom is 0.337 e. The van der Waals surface area contributed by atoms with E-state index in [1.807, 2.05) is 31.2 Å². The number of aryl methyl sites for hydroxylation is 1. The third kappa shape index (κ3) is 2.96. The van der Waals surface area contributed by atoms with Crippen molar-refractivity contribution in [1.82, 2.24) is 0 Å². The van der Waals surface area contributed by atoms with Crippen LogP contribution in [0, 0.1) is 12.8 Å². The van der Waals surface area contributed by atoms with Crippen molar-refractivity contribution >= 4 is 27.6 Å². The highest BCUT2D eigenvalue weighted by atomic mass is 32.2. The molecular weight excluding hydrogens is 364 g/mol. The molecule has 6 nitrogen and oxygen atoms in total. The Morgan fingerprint density at radius 2 is 1.89 bits per heavy atom. The zero-order chi connectivity index (χ0) is 19.3. The Morgan fingerprint density at radius 3 is 2.56 bits per heavy atom. The van der Waals surface area contributed by atoms with Gasteiger partial charge in [-0.3, -0.25) is 8.61 Å². The summed E-state index contributed by atoms with van der Waals surface area (Å²) in [5.74, 6) is 0.0606. The third-order valence-corrected chi connectivity index (χ3v) is 7.09. The van der Waals surface area contributed by atoms with E-state index in [1.165, 1.54) is 15.7 Å². The van der Waals surface area contributed by atoms with Gasteiger partial charge in [0, 0.05) is 13.6 Å². The molecule has 0 aromatic heterocycles. The van der Waals surface area contributed by atoms with E-state index < -0.39 is 16.2 Å². The molecule has 1 aliphatic heterocycles. The second kappa shape index (κ2) is 6.27. The number of ether oxygens (including phenoxy) is 1. The summed E-state index contributed by atoms with van der Waals surface area (Å²) < 4.78 is 33.3. The number of hydrogen-bond acceptors (Lipinski definition) is 4. The molecule has 2 aliphatic rings. The summed E-state index contributed by atoms with van der Waals surface area (Å²) in [5.41, 5.74) is 4.60. The molecule has 0 N–H and O–H groups in total. The van der Waals surface area contributed by atoms with Gasteiger partial charge in [-0.15, -0.1) is 0 Å². The van der Waals surface area contributed by atoms with Crippen molar-refractivity contribution in [2.75, 3.05) is 29.3 Å². The lowest BCUT2D eigenvalue weighted by Gasteiger charge is -2.18. The van der Waals surface area contributed by atoms with Crippen molar-refractivity contribution in [1.29, 1.82) is 0 Å². The van der Waals surface area contributed by atoms with E-state index in [2.05, 4.69) is 0 Å². The Bertz CT molecular complexity index is 1030. The molecule has 0 unspecified atom stereocenters. The van der Waals surface area contributed by atoms with E-state index in [0.29, 0.717) is 23.7 Å². The molecule has 1 fully saturated rings. The molecule has 1 heterocycles. The predicted octanol–water partition coefficient (Wildman–Crippen LogP) is 3.36. The van der Waals surface area contributed by atoms with Gasteiger partial charge in [0.15, 0.2) is 0 Å². The molecule has 0 bridgehead atoms. The fourth-order valence-corrected chi connectivity index (χ4v) is 4.95. The molecule has 7 heteroatoms. The summed E-state index contributed by atoms with van der Waals surface area (Å²) in [6.45, 7) is 2.50. The first-order valence-electron chi connectivity index (χ1n) is 8.93. The fraction of sp³-hybridized carbons (Fsp3) is 0.350. The Kier molecular flexibility index (Phi) is 4.14. The highest BCUT2D eigenvalue weighted by Crippen LogP contribution is 2.44. The second-order valence-corrected chi connectivity index (χ2v) is 9.06. The molecular formula is C20H22N2O4S. The van der Waals surface area contributed by atoms with Gasteiger partial charge in [0.25, 0.3) is 0 Å². The van der Waals surface area contributed by atoms with Crippen LogP contribution in [0.1, 0.15) is 28.8 Å². The third-order valence-electron chi connectivity index (χ3n) is 5.30. The van der Waals surface area contributed by atoms with Crippen molar-refractivity contribution in [3.05, 3.63) is 47.5 Å². The van der Waals surface area contributed by atoms with Gasteiger partial charge in [0.1, 0.15) is 0 Å². The minimum Gasteiger partial charge on any atom is -0.465 e. The van der Waals surface area contributed by atoms with Crippen LogP contribution in [0.3, 0.4) is 0 Å². The van der Waals surface area contributed by atoms with Crippen molar-refractivity contribution in [2.24, 2.45) is 5.92 Å². The van der Waals surface area contributed by atoms with Crippen LogP contribution in [-0.4, -0.2) is 35.1 Å². The SMILES string of the molecule is COC(=O)c1ccc(C)c(-c2ccc3c(c2)N(C)S(=O)(=O)N3CC2CC2)c1. The monoisotopic (exact) mass is 386 g/mol. The standard InChI is InChI=1S/C20H22N2O4S/c1-13-4-7-16(20(23)26-3)10-17(13)15-8-9-18-19(11-15)21(2)27(24,25)22(18)12-14-5-6-14/h4,7-11,14H,5-6,12H2,1-3H3. The lowest BCUT2D eigenvalue weighted by atomic mass is 9.97. The highest BCUT2D eigenvalue weighted by molar-refractivity contribution is 7.94.